The van der Waals surface area contributed by atoms with Gasteiger partial charge in [-0.1, -0.05) is 50.6 Å². The smallest absolute Gasteiger partial charge is 0.307 e. The third kappa shape index (κ3) is 7.13. The second kappa shape index (κ2) is 9.42. The molecule has 1 rings (SSSR count). The first kappa shape index (κ1) is 21.0. The fraction of sp³-hybridized carbons (Fsp3) is 0.500. The Morgan fingerprint density at radius 1 is 1.20 bits per heavy atom. The van der Waals surface area contributed by atoms with Crippen LogP contribution >= 0.6 is 11.6 Å². The van der Waals surface area contributed by atoms with Crippen LogP contribution in [0.3, 0.4) is 0 Å². The molecule has 138 valence electrons. The van der Waals surface area contributed by atoms with Crippen molar-refractivity contribution in [2.45, 2.75) is 39.7 Å². The highest BCUT2D eigenvalue weighted by molar-refractivity contribution is 6.31. The summed E-state index contributed by atoms with van der Waals surface area (Å²) in [5.41, 5.74) is 0.128. The van der Waals surface area contributed by atoms with Crippen LogP contribution in [0.2, 0.25) is 5.02 Å². The van der Waals surface area contributed by atoms with E-state index in [2.05, 4.69) is 15.4 Å². The first-order valence-corrected chi connectivity index (χ1v) is 8.42. The minimum atomic E-state index is -0.591. The second-order valence-corrected chi connectivity index (χ2v) is 7.08. The molecule has 25 heavy (non-hydrogen) atoms. The maximum atomic E-state index is 12.2. The van der Waals surface area contributed by atoms with Crippen LogP contribution in [0.5, 0.6) is 0 Å². The van der Waals surface area contributed by atoms with Gasteiger partial charge in [-0.15, -0.1) is 0 Å². The van der Waals surface area contributed by atoms with Crippen molar-refractivity contribution < 1.29 is 19.1 Å². The Bertz CT molecular complexity index is 626. The molecule has 0 heterocycles. The van der Waals surface area contributed by atoms with Gasteiger partial charge in [0.15, 0.2) is 0 Å². The molecule has 0 radical (unpaired) electrons. The van der Waals surface area contributed by atoms with Gasteiger partial charge in [0.05, 0.1) is 19.6 Å². The number of hydrogen-bond donors (Lipinski definition) is 2. The summed E-state index contributed by atoms with van der Waals surface area (Å²) in [4.78, 5) is 35.6. The summed E-state index contributed by atoms with van der Waals surface area (Å²) in [6, 6.07) is 6.40. The summed E-state index contributed by atoms with van der Waals surface area (Å²) in [6.45, 7) is 5.61. The topological polar surface area (TPSA) is 84.5 Å². The predicted octanol–water partition coefficient (Wildman–Crippen LogP) is 2.61. The lowest BCUT2D eigenvalue weighted by atomic mass is 9.96. The van der Waals surface area contributed by atoms with Crippen LogP contribution < -0.4 is 10.6 Å². The first-order chi connectivity index (χ1) is 11.6. The van der Waals surface area contributed by atoms with Crippen LogP contribution in [0.25, 0.3) is 0 Å². The van der Waals surface area contributed by atoms with E-state index in [0.717, 1.165) is 0 Å². The number of nitrogens with one attached hydrogen (secondary N) is 2. The molecule has 0 fully saturated rings. The SMILES string of the molecule is COC(=O)CC(NC(=O)CCNC(=O)C(C)(C)C)c1ccccc1Cl. The number of hydrogen-bond acceptors (Lipinski definition) is 4. The van der Waals surface area contributed by atoms with Gasteiger partial charge in [-0.05, 0) is 11.6 Å². The molecule has 1 unspecified atom stereocenters. The van der Waals surface area contributed by atoms with E-state index in [1.165, 1.54) is 7.11 Å². The maximum Gasteiger partial charge on any atom is 0.307 e. The summed E-state index contributed by atoms with van der Waals surface area (Å²) in [6.07, 6.45) is 0.0737. The zero-order valence-electron chi connectivity index (χ0n) is 15.0. The van der Waals surface area contributed by atoms with E-state index >= 15 is 0 Å². The molecule has 1 aromatic rings. The molecular formula is C18H25ClN2O4. The molecule has 0 aliphatic rings. The molecule has 6 nitrogen and oxygen atoms in total. The largest absolute Gasteiger partial charge is 0.469 e. The molecule has 0 saturated carbocycles. The minimum absolute atomic E-state index is 0.0275. The Morgan fingerprint density at radius 2 is 1.84 bits per heavy atom. The average Bonchev–Trinajstić information content (AvgIpc) is 2.53. The molecule has 0 aromatic heterocycles. The number of amides is 2. The number of carbonyl (C=O) groups excluding carboxylic acids is 3. The number of rotatable bonds is 7. The van der Waals surface area contributed by atoms with E-state index < -0.39 is 17.4 Å². The van der Waals surface area contributed by atoms with Crippen molar-refractivity contribution in [3.05, 3.63) is 34.9 Å². The minimum Gasteiger partial charge on any atom is -0.469 e. The standard InChI is InChI=1S/C18H25ClN2O4/c1-18(2,3)17(24)20-10-9-15(22)21-14(11-16(23)25-4)12-7-5-6-8-13(12)19/h5-8,14H,9-11H2,1-4H3,(H,20,24)(H,21,22). The molecule has 0 saturated heterocycles. The number of halogens is 1. The molecule has 0 aliphatic heterocycles. The Labute approximate surface area is 153 Å². The van der Waals surface area contributed by atoms with Crippen LogP contribution in [0.4, 0.5) is 0 Å². The zero-order valence-corrected chi connectivity index (χ0v) is 15.8. The monoisotopic (exact) mass is 368 g/mol. The van der Waals surface area contributed by atoms with Gasteiger partial charge in [0.2, 0.25) is 11.8 Å². The number of esters is 1. The highest BCUT2D eigenvalue weighted by Crippen LogP contribution is 2.25. The normalized spacial score (nSPS) is 12.2. The number of benzene rings is 1. The highest BCUT2D eigenvalue weighted by Gasteiger charge is 2.22. The third-order valence-corrected chi connectivity index (χ3v) is 3.88. The molecule has 0 aliphatic carbocycles. The van der Waals surface area contributed by atoms with E-state index in [4.69, 9.17) is 11.6 Å². The second-order valence-electron chi connectivity index (χ2n) is 6.68. The van der Waals surface area contributed by atoms with Crippen molar-refractivity contribution >= 4 is 29.4 Å². The maximum absolute atomic E-state index is 12.2. The lowest BCUT2D eigenvalue weighted by Gasteiger charge is -2.20. The van der Waals surface area contributed by atoms with Crippen LogP contribution in [0, 0.1) is 5.41 Å². The van der Waals surface area contributed by atoms with E-state index in [1.54, 1.807) is 45.0 Å². The number of methoxy groups -OCH3 is 1. The summed E-state index contributed by atoms with van der Waals surface area (Å²) < 4.78 is 4.68. The van der Waals surface area contributed by atoms with Gasteiger partial charge in [0, 0.05) is 23.4 Å². The van der Waals surface area contributed by atoms with Crippen molar-refractivity contribution in [1.82, 2.24) is 10.6 Å². The van der Waals surface area contributed by atoms with E-state index in [0.29, 0.717) is 10.6 Å². The number of ether oxygens (including phenoxy) is 1. The molecule has 1 aromatic carbocycles. The van der Waals surface area contributed by atoms with Gasteiger partial charge in [0.1, 0.15) is 0 Å². The zero-order chi connectivity index (χ0) is 19.0. The Hall–Kier alpha value is -2.08. The van der Waals surface area contributed by atoms with Gasteiger partial charge >= 0.3 is 5.97 Å². The molecule has 1 atom stereocenters. The average molecular weight is 369 g/mol. The van der Waals surface area contributed by atoms with Crippen LogP contribution in [-0.4, -0.2) is 31.4 Å². The van der Waals surface area contributed by atoms with Crippen LogP contribution in [0.15, 0.2) is 24.3 Å². The third-order valence-electron chi connectivity index (χ3n) is 3.53. The summed E-state index contributed by atoms with van der Waals surface area (Å²) in [7, 11) is 1.29. The van der Waals surface area contributed by atoms with Crippen molar-refractivity contribution in [1.29, 1.82) is 0 Å². The fourth-order valence-electron chi connectivity index (χ4n) is 2.07. The quantitative estimate of drug-likeness (QED) is 0.724. The van der Waals surface area contributed by atoms with Crippen LogP contribution in [-0.2, 0) is 19.1 Å². The summed E-state index contributed by atoms with van der Waals surface area (Å²) >= 11 is 6.16. The summed E-state index contributed by atoms with van der Waals surface area (Å²) in [5.74, 6) is -0.869. The van der Waals surface area contributed by atoms with Gasteiger partial charge in [-0.2, -0.15) is 0 Å². The molecule has 2 amide bonds. The summed E-state index contributed by atoms with van der Waals surface area (Å²) in [5, 5.41) is 5.94. The predicted molar refractivity (Wildman–Crippen MR) is 96.1 cm³/mol. The Kier molecular flexibility index (Phi) is 7.90. The van der Waals surface area contributed by atoms with Gasteiger partial charge in [0.25, 0.3) is 0 Å². The fourth-order valence-corrected chi connectivity index (χ4v) is 2.34. The first-order valence-electron chi connectivity index (χ1n) is 8.04. The molecule has 2 N–H and O–H groups in total. The van der Waals surface area contributed by atoms with Gasteiger partial charge in [-0.25, -0.2) is 0 Å². The van der Waals surface area contributed by atoms with Gasteiger partial charge in [-0.3, -0.25) is 14.4 Å². The Balaban J connectivity index is 2.68. The van der Waals surface area contributed by atoms with Crippen molar-refractivity contribution in [3.8, 4) is 0 Å². The van der Waals surface area contributed by atoms with Crippen molar-refractivity contribution in [2.75, 3.05) is 13.7 Å². The molecular weight excluding hydrogens is 344 g/mol. The highest BCUT2D eigenvalue weighted by atomic mass is 35.5. The van der Waals surface area contributed by atoms with Crippen molar-refractivity contribution in [2.24, 2.45) is 5.41 Å². The van der Waals surface area contributed by atoms with E-state index in [1.807, 2.05) is 0 Å². The van der Waals surface area contributed by atoms with E-state index in [-0.39, 0.29) is 31.2 Å². The Morgan fingerprint density at radius 3 is 2.40 bits per heavy atom. The lowest BCUT2D eigenvalue weighted by molar-refractivity contribution is -0.141. The number of carbonyl (C=O) groups is 3. The van der Waals surface area contributed by atoms with Crippen LogP contribution in [0.1, 0.15) is 45.2 Å². The molecule has 0 bridgehead atoms. The lowest BCUT2D eigenvalue weighted by Crippen LogP contribution is -2.38. The van der Waals surface area contributed by atoms with E-state index in [9.17, 15) is 14.4 Å². The molecule has 7 heteroatoms. The molecule has 0 spiro atoms. The van der Waals surface area contributed by atoms with Gasteiger partial charge < -0.3 is 15.4 Å². The van der Waals surface area contributed by atoms with Crippen molar-refractivity contribution in [3.63, 3.8) is 0 Å².